The van der Waals surface area contributed by atoms with Crippen LogP contribution in [0.5, 0.6) is 5.75 Å². The van der Waals surface area contributed by atoms with Crippen molar-refractivity contribution in [2.24, 2.45) is 0 Å². The normalized spacial score (nSPS) is 12.1. The van der Waals surface area contributed by atoms with Gasteiger partial charge < -0.3 is 4.74 Å². The number of benzene rings is 2. The molecule has 22 heavy (non-hydrogen) atoms. The molecule has 0 saturated heterocycles. The average molecular weight is 357 g/mol. The van der Waals surface area contributed by atoms with Gasteiger partial charge in [0, 0.05) is 5.56 Å². The van der Waals surface area contributed by atoms with Crippen molar-refractivity contribution in [2.75, 3.05) is 7.11 Å². The summed E-state index contributed by atoms with van der Waals surface area (Å²) in [5.74, 6) is 0.700. The second-order valence-corrected chi connectivity index (χ2v) is 5.93. The number of hydrogen-bond donors (Lipinski definition) is 0. The summed E-state index contributed by atoms with van der Waals surface area (Å²) >= 11 is 3.50. The molecule has 0 aromatic heterocycles. The van der Waals surface area contributed by atoms with Crippen LogP contribution in [0.1, 0.15) is 22.8 Å². The Labute approximate surface area is 139 Å². The highest BCUT2D eigenvalue weighted by Gasteiger charge is 2.04. The van der Waals surface area contributed by atoms with Crippen LogP contribution in [0.2, 0.25) is 0 Å². The van der Waals surface area contributed by atoms with E-state index in [1.807, 2.05) is 43.3 Å². The number of rotatable bonds is 5. The molecule has 0 fully saturated rings. The molecule has 0 unspecified atom stereocenters. The van der Waals surface area contributed by atoms with E-state index < -0.39 is 0 Å². The molecule has 0 saturated carbocycles. The minimum Gasteiger partial charge on any atom is -0.497 e. The number of ether oxygens (including phenoxy) is 1. The first kappa shape index (κ1) is 16.2. The summed E-state index contributed by atoms with van der Waals surface area (Å²) in [6.45, 7) is 1.96. The van der Waals surface area contributed by atoms with Crippen LogP contribution in [-0.4, -0.2) is 12.9 Å². The van der Waals surface area contributed by atoms with Gasteiger partial charge in [0.15, 0.2) is 5.78 Å². The molecule has 0 heterocycles. The summed E-state index contributed by atoms with van der Waals surface area (Å²) in [4.78, 5) is 12.2. The molecule has 0 aliphatic carbocycles. The zero-order valence-electron chi connectivity index (χ0n) is 12.5. The summed E-state index contributed by atoms with van der Waals surface area (Å²) in [7, 11) is 1.60. The molecule has 112 valence electrons. The van der Waals surface area contributed by atoms with E-state index in [0.29, 0.717) is 5.56 Å². The first-order valence-corrected chi connectivity index (χ1v) is 7.69. The lowest BCUT2D eigenvalue weighted by Gasteiger charge is -2.04. The molecule has 2 aromatic rings. The Balaban J connectivity index is 2.21. The van der Waals surface area contributed by atoms with Gasteiger partial charge in [0.1, 0.15) is 5.75 Å². The lowest BCUT2D eigenvalue weighted by Crippen LogP contribution is -1.95. The number of carbonyl (C=O) groups excluding carboxylic acids is 1. The van der Waals surface area contributed by atoms with E-state index in [1.54, 1.807) is 37.5 Å². The van der Waals surface area contributed by atoms with Crippen molar-refractivity contribution in [3.05, 3.63) is 82.4 Å². The maximum absolute atomic E-state index is 12.2. The number of hydrogen-bond acceptors (Lipinski definition) is 2. The van der Waals surface area contributed by atoms with Gasteiger partial charge in [-0.3, -0.25) is 4.79 Å². The highest BCUT2D eigenvalue weighted by atomic mass is 79.9. The Bertz CT molecular complexity index is 694. The summed E-state index contributed by atoms with van der Waals surface area (Å²) in [5, 5.41) is 0. The smallest absolute Gasteiger partial charge is 0.185 e. The molecule has 0 amide bonds. The monoisotopic (exact) mass is 356 g/mol. The summed E-state index contributed by atoms with van der Waals surface area (Å²) in [6.07, 6.45) is 3.43. The standard InChI is InChI=1S/C19H17BrO2/c1-14(20)18(15-6-4-3-5-7-15)12-13-19(21)16-8-10-17(22-2)11-9-16/h3-13H,1-2H3. The van der Waals surface area contributed by atoms with Crippen molar-refractivity contribution in [1.82, 2.24) is 0 Å². The van der Waals surface area contributed by atoms with E-state index in [-0.39, 0.29) is 5.78 Å². The van der Waals surface area contributed by atoms with Gasteiger partial charge >= 0.3 is 0 Å². The van der Waals surface area contributed by atoms with Crippen LogP contribution in [0.25, 0.3) is 5.57 Å². The predicted octanol–water partition coefficient (Wildman–Crippen LogP) is 5.26. The largest absolute Gasteiger partial charge is 0.497 e. The van der Waals surface area contributed by atoms with Crippen LogP contribution in [0, 0.1) is 0 Å². The van der Waals surface area contributed by atoms with Gasteiger partial charge in [-0.15, -0.1) is 0 Å². The minimum absolute atomic E-state index is 0.0372. The van der Waals surface area contributed by atoms with Gasteiger partial charge in [0.05, 0.1) is 7.11 Å². The maximum Gasteiger partial charge on any atom is 0.185 e. The van der Waals surface area contributed by atoms with Crippen LogP contribution in [0.15, 0.2) is 71.2 Å². The molecule has 0 atom stereocenters. The Morgan fingerprint density at radius 2 is 1.59 bits per heavy atom. The molecule has 2 aromatic carbocycles. The van der Waals surface area contributed by atoms with E-state index >= 15 is 0 Å². The van der Waals surface area contributed by atoms with Gasteiger partial charge in [0.2, 0.25) is 0 Å². The van der Waals surface area contributed by atoms with Gasteiger partial charge in [-0.25, -0.2) is 0 Å². The molecule has 0 spiro atoms. The molecular weight excluding hydrogens is 340 g/mol. The fourth-order valence-corrected chi connectivity index (χ4v) is 2.40. The molecule has 0 aliphatic heterocycles. The van der Waals surface area contributed by atoms with Gasteiger partial charge in [-0.2, -0.15) is 0 Å². The third kappa shape index (κ3) is 4.18. The van der Waals surface area contributed by atoms with Gasteiger partial charge in [0.25, 0.3) is 0 Å². The average Bonchev–Trinajstić information content (AvgIpc) is 2.55. The van der Waals surface area contributed by atoms with Crippen molar-refractivity contribution in [3.8, 4) is 5.75 Å². The molecule has 0 aliphatic rings. The van der Waals surface area contributed by atoms with Crippen LogP contribution in [0.3, 0.4) is 0 Å². The van der Waals surface area contributed by atoms with Crippen molar-refractivity contribution in [1.29, 1.82) is 0 Å². The summed E-state index contributed by atoms with van der Waals surface area (Å²) < 4.78 is 6.08. The fraction of sp³-hybridized carbons (Fsp3) is 0.105. The van der Waals surface area contributed by atoms with E-state index in [0.717, 1.165) is 21.4 Å². The number of carbonyl (C=O) groups is 1. The quantitative estimate of drug-likeness (QED) is 0.415. The third-order valence-corrected chi connectivity index (χ3v) is 3.66. The molecule has 2 rings (SSSR count). The van der Waals surface area contributed by atoms with Crippen LogP contribution in [-0.2, 0) is 0 Å². The number of methoxy groups -OCH3 is 1. The van der Waals surface area contributed by atoms with Gasteiger partial charge in [-0.05, 0) is 59.0 Å². The third-order valence-electron chi connectivity index (χ3n) is 3.23. The lowest BCUT2D eigenvalue weighted by atomic mass is 10.0. The number of allylic oxidation sites excluding steroid dienone is 4. The minimum atomic E-state index is -0.0372. The van der Waals surface area contributed by atoms with Crippen LogP contribution in [0.4, 0.5) is 0 Å². The topological polar surface area (TPSA) is 26.3 Å². The first-order chi connectivity index (χ1) is 10.6. The molecular formula is C19H17BrO2. The summed E-state index contributed by atoms with van der Waals surface area (Å²) in [5.41, 5.74) is 2.69. The Kier molecular flexibility index (Phi) is 5.73. The molecule has 0 N–H and O–H groups in total. The molecule has 2 nitrogen and oxygen atoms in total. The van der Waals surface area contributed by atoms with Gasteiger partial charge in [-0.1, -0.05) is 46.3 Å². The number of ketones is 1. The molecule has 3 heteroatoms. The van der Waals surface area contributed by atoms with Crippen molar-refractivity contribution >= 4 is 27.3 Å². The lowest BCUT2D eigenvalue weighted by molar-refractivity contribution is 0.104. The van der Waals surface area contributed by atoms with E-state index in [1.165, 1.54) is 0 Å². The Hall–Kier alpha value is -2.13. The zero-order chi connectivity index (χ0) is 15.9. The van der Waals surface area contributed by atoms with Crippen molar-refractivity contribution in [3.63, 3.8) is 0 Å². The van der Waals surface area contributed by atoms with Crippen molar-refractivity contribution in [2.45, 2.75) is 6.92 Å². The Morgan fingerprint density at radius 1 is 0.955 bits per heavy atom. The maximum atomic E-state index is 12.2. The SMILES string of the molecule is COc1ccc(C(=O)C=CC(=C(C)Br)c2ccccc2)cc1. The highest BCUT2D eigenvalue weighted by molar-refractivity contribution is 9.11. The Morgan fingerprint density at radius 3 is 2.14 bits per heavy atom. The van der Waals surface area contributed by atoms with E-state index in [2.05, 4.69) is 15.9 Å². The van der Waals surface area contributed by atoms with Crippen LogP contribution >= 0.6 is 15.9 Å². The predicted molar refractivity (Wildman–Crippen MR) is 94.4 cm³/mol. The highest BCUT2D eigenvalue weighted by Crippen LogP contribution is 2.24. The fourth-order valence-electron chi connectivity index (χ4n) is 2.04. The number of halogens is 1. The van der Waals surface area contributed by atoms with Crippen molar-refractivity contribution < 1.29 is 9.53 Å². The first-order valence-electron chi connectivity index (χ1n) is 6.90. The zero-order valence-corrected chi connectivity index (χ0v) is 14.1. The second kappa shape index (κ2) is 7.76. The summed E-state index contributed by atoms with van der Waals surface area (Å²) in [6, 6.07) is 17.0. The second-order valence-electron chi connectivity index (χ2n) is 4.74. The molecule has 0 bridgehead atoms. The van der Waals surface area contributed by atoms with E-state index in [9.17, 15) is 4.79 Å². The molecule has 0 radical (unpaired) electrons. The van der Waals surface area contributed by atoms with E-state index in [4.69, 9.17) is 4.74 Å². The van der Waals surface area contributed by atoms with Crippen LogP contribution < -0.4 is 4.74 Å².